The largest absolute Gasteiger partial charge is 0.330 e. The van der Waals surface area contributed by atoms with Gasteiger partial charge in [0.1, 0.15) is 5.82 Å². The summed E-state index contributed by atoms with van der Waals surface area (Å²) in [4.78, 5) is 0. The van der Waals surface area contributed by atoms with Gasteiger partial charge in [-0.1, -0.05) is 32.0 Å². The van der Waals surface area contributed by atoms with Crippen LogP contribution in [0.5, 0.6) is 0 Å². The lowest BCUT2D eigenvalue weighted by molar-refractivity contribution is 0.409. The molecule has 0 radical (unpaired) electrons. The second-order valence-electron chi connectivity index (χ2n) is 4.53. The number of benzene rings is 1. The molecule has 0 spiro atoms. The van der Waals surface area contributed by atoms with E-state index in [-0.39, 0.29) is 5.82 Å². The maximum atomic E-state index is 13.4. The van der Waals surface area contributed by atoms with E-state index in [0.717, 1.165) is 18.4 Å². The molecule has 0 saturated carbocycles. The quantitative estimate of drug-likeness (QED) is 0.792. The van der Waals surface area contributed by atoms with E-state index in [2.05, 4.69) is 13.8 Å². The Hall–Kier alpha value is -0.890. The van der Waals surface area contributed by atoms with Crippen molar-refractivity contribution in [3.63, 3.8) is 0 Å². The number of nitrogens with two attached hydrogens (primary N) is 1. The molecule has 1 aromatic rings. The third kappa shape index (κ3) is 4.00. The van der Waals surface area contributed by atoms with Gasteiger partial charge < -0.3 is 5.73 Å². The van der Waals surface area contributed by atoms with Gasteiger partial charge in [0.05, 0.1) is 0 Å². The van der Waals surface area contributed by atoms with Gasteiger partial charge in [0, 0.05) is 0 Å². The third-order valence-electron chi connectivity index (χ3n) is 2.60. The van der Waals surface area contributed by atoms with Gasteiger partial charge in [-0.05, 0) is 42.9 Å². The Balaban J connectivity index is 2.62. The van der Waals surface area contributed by atoms with Gasteiger partial charge in [0.2, 0.25) is 0 Å². The minimum Gasteiger partial charge on any atom is -0.330 e. The van der Waals surface area contributed by atoms with E-state index >= 15 is 0 Å². The second kappa shape index (κ2) is 5.86. The van der Waals surface area contributed by atoms with Crippen LogP contribution in [0.3, 0.4) is 0 Å². The SMILES string of the molecule is CC(C)CC(CN)Cc1ccccc1F. The van der Waals surface area contributed by atoms with Crippen molar-refractivity contribution < 1.29 is 4.39 Å². The minimum absolute atomic E-state index is 0.111. The fourth-order valence-electron chi connectivity index (χ4n) is 1.90. The molecular formula is C13H20FN. The molecule has 2 N–H and O–H groups in total. The summed E-state index contributed by atoms with van der Waals surface area (Å²) in [6.45, 7) is 4.97. The van der Waals surface area contributed by atoms with Gasteiger partial charge in [-0.15, -0.1) is 0 Å². The molecule has 0 saturated heterocycles. The van der Waals surface area contributed by atoms with E-state index in [0.29, 0.717) is 18.4 Å². The molecule has 0 aliphatic rings. The van der Waals surface area contributed by atoms with Gasteiger partial charge >= 0.3 is 0 Å². The van der Waals surface area contributed by atoms with Crippen molar-refractivity contribution in [2.45, 2.75) is 26.7 Å². The first-order valence-corrected chi connectivity index (χ1v) is 5.57. The number of hydrogen-bond acceptors (Lipinski definition) is 1. The van der Waals surface area contributed by atoms with Crippen LogP contribution in [0.2, 0.25) is 0 Å². The Kier molecular flexibility index (Phi) is 4.76. The van der Waals surface area contributed by atoms with Gasteiger partial charge in [-0.2, -0.15) is 0 Å². The summed E-state index contributed by atoms with van der Waals surface area (Å²) in [6, 6.07) is 6.96. The summed E-state index contributed by atoms with van der Waals surface area (Å²) >= 11 is 0. The molecule has 0 aliphatic carbocycles. The lowest BCUT2D eigenvalue weighted by Gasteiger charge is -2.17. The molecule has 15 heavy (non-hydrogen) atoms. The smallest absolute Gasteiger partial charge is 0.126 e. The lowest BCUT2D eigenvalue weighted by atomic mass is 9.91. The van der Waals surface area contributed by atoms with Gasteiger partial charge in [0.15, 0.2) is 0 Å². The molecule has 1 unspecified atom stereocenters. The standard InChI is InChI=1S/C13H20FN/c1-10(2)7-11(9-15)8-12-5-3-4-6-13(12)14/h3-6,10-11H,7-9,15H2,1-2H3. The molecule has 0 amide bonds. The van der Waals surface area contributed by atoms with E-state index < -0.39 is 0 Å². The van der Waals surface area contributed by atoms with Crippen LogP contribution in [0.25, 0.3) is 0 Å². The monoisotopic (exact) mass is 209 g/mol. The van der Waals surface area contributed by atoms with Crippen LogP contribution in [0, 0.1) is 17.7 Å². The first-order chi connectivity index (χ1) is 7.13. The molecular weight excluding hydrogens is 189 g/mol. The van der Waals surface area contributed by atoms with Crippen molar-refractivity contribution in [3.8, 4) is 0 Å². The Bertz CT molecular complexity index is 296. The highest BCUT2D eigenvalue weighted by molar-refractivity contribution is 5.17. The van der Waals surface area contributed by atoms with Crippen molar-refractivity contribution in [2.75, 3.05) is 6.54 Å². The van der Waals surface area contributed by atoms with Crippen LogP contribution in [-0.4, -0.2) is 6.54 Å². The summed E-state index contributed by atoms with van der Waals surface area (Å²) in [7, 11) is 0. The van der Waals surface area contributed by atoms with Crippen molar-refractivity contribution in [3.05, 3.63) is 35.6 Å². The van der Waals surface area contributed by atoms with Crippen LogP contribution >= 0.6 is 0 Å². The Morgan fingerprint density at radius 1 is 1.27 bits per heavy atom. The average molecular weight is 209 g/mol. The average Bonchev–Trinajstić information content (AvgIpc) is 2.19. The molecule has 0 aromatic heterocycles. The normalized spacial score (nSPS) is 13.1. The van der Waals surface area contributed by atoms with Gasteiger partial charge in [0.25, 0.3) is 0 Å². The van der Waals surface area contributed by atoms with Crippen molar-refractivity contribution >= 4 is 0 Å². The predicted molar refractivity (Wildman–Crippen MR) is 62.1 cm³/mol. The minimum atomic E-state index is -0.111. The Morgan fingerprint density at radius 3 is 2.47 bits per heavy atom. The number of rotatable bonds is 5. The second-order valence-corrected chi connectivity index (χ2v) is 4.53. The van der Waals surface area contributed by atoms with Gasteiger partial charge in [-0.3, -0.25) is 0 Å². The van der Waals surface area contributed by atoms with Crippen molar-refractivity contribution in [1.29, 1.82) is 0 Å². The zero-order valence-corrected chi connectivity index (χ0v) is 9.54. The molecule has 1 nitrogen and oxygen atoms in total. The summed E-state index contributed by atoms with van der Waals surface area (Å²) < 4.78 is 13.4. The van der Waals surface area contributed by atoms with Crippen molar-refractivity contribution in [2.24, 2.45) is 17.6 Å². The summed E-state index contributed by atoms with van der Waals surface area (Å²) in [5.74, 6) is 0.895. The van der Waals surface area contributed by atoms with Crippen LogP contribution in [0.15, 0.2) is 24.3 Å². The highest BCUT2D eigenvalue weighted by Gasteiger charge is 2.12. The van der Waals surface area contributed by atoms with Crippen molar-refractivity contribution in [1.82, 2.24) is 0 Å². The predicted octanol–water partition coefficient (Wildman–Crippen LogP) is 2.99. The first-order valence-electron chi connectivity index (χ1n) is 5.57. The highest BCUT2D eigenvalue weighted by Crippen LogP contribution is 2.18. The molecule has 0 heterocycles. The fourth-order valence-corrected chi connectivity index (χ4v) is 1.90. The topological polar surface area (TPSA) is 26.0 Å². The molecule has 1 atom stereocenters. The fraction of sp³-hybridized carbons (Fsp3) is 0.538. The molecule has 84 valence electrons. The van der Waals surface area contributed by atoms with Crippen LogP contribution in [0.4, 0.5) is 4.39 Å². The summed E-state index contributed by atoms with van der Waals surface area (Å²) in [5.41, 5.74) is 6.48. The Morgan fingerprint density at radius 2 is 1.93 bits per heavy atom. The van der Waals surface area contributed by atoms with E-state index in [1.807, 2.05) is 12.1 Å². The molecule has 0 fully saturated rings. The highest BCUT2D eigenvalue weighted by atomic mass is 19.1. The molecule has 1 rings (SSSR count). The van der Waals surface area contributed by atoms with E-state index in [9.17, 15) is 4.39 Å². The van der Waals surface area contributed by atoms with E-state index in [1.54, 1.807) is 6.07 Å². The number of halogens is 1. The maximum absolute atomic E-state index is 13.4. The third-order valence-corrected chi connectivity index (χ3v) is 2.60. The summed E-state index contributed by atoms with van der Waals surface area (Å²) in [5, 5.41) is 0. The lowest BCUT2D eigenvalue weighted by Crippen LogP contribution is -2.19. The number of hydrogen-bond donors (Lipinski definition) is 1. The zero-order valence-electron chi connectivity index (χ0n) is 9.54. The van der Waals surface area contributed by atoms with Crippen LogP contribution in [-0.2, 0) is 6.42 Å². The molecule has 0 aliphatic heterocycles. The molecule has 0 bridgehead atoms. The summed E-state index contributed by atoms with van der Waals surface area (Å²) in [6.07, 6.45) is 1.81. The van der Waals surface area contributed by atoms with Gasteiger partial charge in [-0.25, -0.2) is 4.39 Å². The first kappa shape index (κ1) is 12.2. The zero-order chi connectivity index (χ0) is 11.3. The molecule has 2 heteroatoms. The van der Waals surface area contributed by atoms with E-state index in [4.69, 9.17) is 5.73 Å². The molecule has 1 aromatic carbocycles. The maximum Gasteiger partial charge on any atom is 0.126 e. The van der Waals surface area contributed by atoms with Crippen LogP contribution in [0.1, 0.15) is 25.8 Å². The Labute approximate surface area is 91.5 Å². The van der Waals surface area contributed by atoms with E-state index in [1.165, 1.54) is 6.07 Å². The van der Waals surface area contributed by atoms with Crippen LogP contribution < -0.4 is 5.73 Å².